The Hall–Kier alpha value is -4.10. The number of nitrogens with one attached hydrogen (secondary N) is 3. The van der Waals surface area contributed by atoms with Crippen molar-refractivity contribution in [1.29, 1.82) is 0 Å². The van der Waals surface area contributed by atoms with Crippen molar-refractivity contribution in [3.8, 4) is 0 Å². The maximum Gasteiger partial charge on any atom is 0.330 e. The van der Waals surface area contributed by atoms with E-state index in [0.29, 0.717) is 17.3 Å². The molecule has 0 spiro atoms. The van der Waals surface area contributed by atoms with Crippen LogP contribution < -0.4 is 19.7 Å². The molecule has 0 saturated heterocycles. The number of benzene rings is 3. The first-order valence-corrected chi connectivity index (χ1v) is 14.8. The number of hydrogen-bond donors (Lipinski definition) is 3. The lowest BCUT2D eigenvalue weighted by Gasteiger charge is -2.25. The third-order valence-electron chi connectivity index (χ3n) is 6.23. The zero-order chi connectivity index (χ0) is 29.9. The monoisotopic (exact) mass is 601 g/mol. The van der Waals surface area contributed by atoms with Crippen LogP contribution in [0.2, 0.25) is 0 Å². The summed E-state index contributed by atoms with van der Waals surface area (Å²) in [6, 6.07) is 12.0. The van der Waals surface area contributed by atoms with E-state index in [4.69, 9.17) is 0 Å². The topological polar surface area (TPSA) is 121 Å². The van der Waals surface area contributed by atoms with E-state index in [-0.39, 0.29) is 23.1 Å². The summed E-state index contributed by atoms with van der Waals surface area (Å²) in [6.07, 6.45) is -0.314. The van der Waals surface area contributed by atoms with Crippen LogP contribution >= 0.6 is 11.3 Å². The number of hydrogen-bond acceptors (Lipinski definition) is 6. The van der Waals surface area contributed by atoms with Crippen LogP contribution in [0, 0.1) is 11.6 Å². The summed E-state index contributed by atoms with van der Waals surface area (Å²) >= 11 is 1.43. The predicted octanol–water partition coefficient (Wildman–Crippen LogP) is 5.10. The van der Waals surface area contributed by atoms with Crippen LogP contribution in [0.3, 0.4) is 0 Å². The highest BCUT2D eigenvalue weighted by Gasteiger charge is 2.28. The summed E-state index contributed by atoms with van der Waals surface area (Å²) in [6.45, 7) is 6.05. The molecular weight excluding hydrogens is 572 g/mol. The first kappa shape index (κ1) is 29.9. The second kappa shape index (κ2) is 11.8. The Morgan fingerprint density at radius 1 is 1.00 bits per heavy atom. The molecule has 0 aliphatic rings. The van der Waals surface area contributed by atoms with Crippen molar-refractivity contribution < 1.29 is 26.8 Å². The third kappa shape index (κ3) is 7.76. The number of carbonyl (C=O) groups excluding carboxylic acids is 2. The maximum atomic E-state index is 13.9. The zero-order valence-corrected chi connectivity index (χ0v) is 24.4. The lowest BCUT2D eigenvalue weighted by Crippen LogP contribution is -2.53. The molecule has 41 heavy (non-hydrogen) atoms. The third-order valence-corrected chi connectivity index (χ3v) is 8.00. The quantitative estimate of drug-likeness (QED) is 0.260. The molecule has 4 aromatic rings. The molecule has 3 N–H and O–H groups in total. The van der Waals surface area contributed by atoms with Gasteiger partial charge in [-0.25, -0.2) is 23.3 Å². The van der Waals surface area contributed by atoms with Gasteiger partial charge < -0.3 is 10.2 Å². The molecule has 1 atom stereocenters. The Balaban J connectivity index is 1.52. The summed E-state index contributed by atoms with van der Waals surface area (Å²) in [7, 11) is -2.93. The van der Waals surface area contributed by atoms with Crippen molar-refractivity contribution in [2.45, 2.75) is 38.6 Å². The van der Waals surface area contributed by atoms with E-state index < -0.39 is 39.8 Å². The average Bonchev–Trinajstić information content (AvgIpc) is 3.34. The van der Waals surface area contributed by atoms with E-state index in [1.54, 1.807) is 48.0 Å². The molecule has 0 aliphatic carbocycles. The molecule has 0 bridgehead atoms. The number of carbonyl (C=O) groups is 2. The van der Waals surface area contributed by atoms with Crippen molar-refractivity contribution in [2.24, 2.45) is 0 Å². The lowest BCUT2D eigenvalue weighted by molar-refractivity contribution is -0.120. The largest absolute Gasteiger partial charge is 0.330 e. The van der Waals surface area contributed by atoms with Gasteiger partial charge in [0.05, 0.1) is 21.4 Å². The number of likely N-dealkylation sites (N-methyl/N-ethyl adjacent to an activating group) is 1. The normalized spacial score (nSPS) is 12.5. The Kier molecular flexibility index (Phi) is 8.59. The van der Waals surface area contributed by atoms with Gasteiger partial charge in [-0.3, -0.25) is 9.52 Å². The average molecular weight is 602 g/mol. The van der Waals surface area contributed by atoms with Crippen LogP contribution in [0.4, 0.5) is 25.0 Å². The maximum absolute atomic E-state index is 13.9. The Labute approximate surface area is 240 Å². The van der Waals surface area contributed by atoms with Crippen LogP contribution in [-0.2, 0) is 26.8 Å². The number of thiazole rings is 1. The van der Waals surface area contributed by atoms with Gasteiger partial charge in [-0.05, 0) is 59.0 Å². The number of urea groups is 1. The van der Waals surface area contributed by atoms with Gasteiger partial charge in [-0.15, -0.1) is 11.3 Å². The van der Waals surface area contributed by atoms with Crippen LogP contribution in [0.25, 0.3) is 10.2 Å². The first-order chi connectivity index (χ1) is 19.2. The molecule has 0 fully saturated rings. The van der Waals surface area contributed by atoms with E-state index >= 15 is 0 Å². The highest BCUT2D eigenvalue weighted by molar-refractivity contribution is 7.91. The molecular formula is C28H29F2N5O4S2. The van der Waals surface area contributed by atoms with Gasteiger partial charge in [0.2, 0.25) is 5.91 Å². The van der Waals surface area contributed by atoms with Crippen molar-refractivity contribution in [3.63, 3.8) is 0 Å². The number of nitrogens with zero attached hydrogens (tertiary/aromatic N) is 2. The van der Waals surface area contributed by atoms with Gasteiger partial charge in [0.25, 0.3) is 0 Å². The number of anilines is 2. The summed E-state index contributed by atoms with van der Waals surface area (Å²) in [4.78, 5) is 31.8. The standard InChI is InChI=1S/C28H29F2N5O4S2/c1-28(2,3)18-5-7-21(8-6-18)33-41(38,39)34-27(37)32-24(13-17-11-19(29)14-20(30)12-17)26(36)35(4)22-9-10-25-23(15-22)31-16-40-25/h5-12,14-16,24,33H,13H2,1-4H3,(H2,32,34,37)/t24-/m0/s1. The van der Waals surface area contributed by atoms with E-state index in [0.717, 1.165) is 22.4 Å². The summed E-state index contributed by atoms with van der Waals surface area (Å²) < 4.78 is 58.1. The zero-order valence-electron chi connectivity index (χ0n) is 22.7. The number of fused-ring (bicyclic) bond motifs is 1. The number of halogens is 2. The van der Waals surface area contributed by atoms with Crippen molar-refractivity contribution in [3.05, 3.63) is 88.9 Å². The molecule has 1 aromatic heterocycles. The minimum Gasteiger partial charge on any atom is -0.325 e. The first-order valence-electron chi connectivity index (χ1n) is 12.5. The van der Waals surface area contributed by atoms with Crippen LogP contribution in [0.1, 0.15) is 31.9 Å². The number of rotatable bonds is 8. The van der Waals surface area contributed by atoms with Crippen molar-refractivity contribution >= 4 is 55.1 Å². The summed E-state index contributed by atoms with van der Waals surface area (Å²) in [5.74, 6) is -2.37. The molecule has 1 heterocycles. The van der Waals surface area contributed by atoms with Crippen LogP contribution in [0.15, 0.2) is 66.2 Å². The van der Waals surface area contributed by atoms with Gasteiger partial charge in [-0.1, -0.05) is 32.9 Å². The SMILES string of the molecule is CN(C(=O)[C@H](Cc1cc(F)cc(F)c1)NC(=O)NS(=O)(=O)Nc1ccc(C(C)(C)C)cc1)c1ccc2scnc2c1. The van der Waals surface area contributed by atoms with Gasteiger partial charge in [-0.2, -0.15) is 8.42 Å². The molecule has 3 amide bonds. The second-order valence-electron chi connectivity index (χ2n) is 10.4. The van der Waals surface area contributed by atoms with E-state index in [9.17, 15) is 26.8 Å². The number of amides is 3. The van der Waals surface area contributed by atoms with Crippen LogP contribution in [0.5, 0.6) is 0 Å². The Bertz CT molecular complexity index is 1670. The fourth-order valence-electron chi connectivity index (χ4n) is 4.11. The van der Waals surface area contributed by atoms with Gasteiger partial charge in [0, 0.05) is 25.2 Å². The highest BCUT2D eigenvalue weighted by atomic mass is 32.2. The molecule has 0 saturated carbocycles. The molecule has 4 rings (SSSR count). The van der Waals surface area contributed by atoms with E-state index in [2.05, 4.69) is 15.0 Å². The second-order valence-corrected chi connectivity index (χ2v) is 12.7. The minimum absolute atomic E-state index is 0.0874. The van der Waals surface area contributed by atoms with Gasteiger partial charge in [0.1, 0.15) is 17.7 Å². The fourth-order valence-corrected chi connectivity index (χ4v) is 5.57. The molecule has 3 aromatic carbocycles. The lowest BCUT2D eigenvalue weighted by atomic mass is 9.87. The van der Waals surface area contributed by atoms with Gasteiger partial charge >= 0.3 is 16.2 Å². The molecule has 0 radical (unpaired) electrons. The minimum atomic E-state index is -4.39. The van der Waals surface area contributed by atoms with Crippen molar-refractivity contribution in [1.82, 2.24) is 15.0 Å². The van der Waals surface area contributed by atoms with Crippen LogP contribution in [-0.4, -0.2) is 38.4 Å². The fraction of sp³-hybridized carbons (Fsp3) is 0.250. The Morgan fingerprint density at radius 2 is 1.66 bits per heavy atom. The Morgan fingerprint density at radius 3 is 2.29 bits per heavy atom. The summed E-state index contributed by atoms with van der Waals surface area (Å²) in [5.41, 5.74) is 3.94. The van der Waals surface area contributed by atoms with Gasteiger partial charge in [0.15, 0.2) is 0 Å². The number of aromatic nitrogens is 1. The van der Waals surface area contributed by atoms with E-state index in [1.807, 2.05) is 25.5 Å². The predicted molar refractivity (Wildman–Crippen MR) is 156 cm³/mol. The molecule has 0 unspecified atom stereocenters. The molecule has 216 valence electrons. The molecule has 13 heteroatoms. The molecule has 0 aliphatic heterocycles. The summed E-state index contributed by atoms with van der Waals surface area (Å²) in [5, 5.41) is 2.34. The highest BCUT2D eigenvalue weighted by Crippen LogP contribution is 2.25. The molecule has 9 nitrogen and oxygen atoms in total. The van der Waals surface area contributed by atoms with E-state index in [1.165, 1.54) is 23.3 Å². The smallest absolute Gasteiger partial charge is 0.325 e. The van der Waals surface area contributed by atoms with Crippen molar-refractivity contribution in [2.75, 3.05) is 16.7 Å².